The van der Waals surface area contributed by atoms with Crippen molar-refractivity contribution in [1.82, 2.24) is 15.1 Å². The SMILES string of the molecule is CC(C(=O)N1CCOCC1)N1CC2CNCC2C1. The van der Waals surface area contributed by atoms with Crippen molar-refractivity contribution in [2.75, 3.05) is 52.5 Å². The summed E-state index contributed by atoms with van der Waals surface area (Å²) in [7, 11) is 0. The van der Waals surface area contributed by atoms with E-state index in [1.807, 2.05) is 4.90 Å². The fourth-order valence-corrected chi connectivity index (χ4v) is 3.41. The number of morpholine rings is 1. The smallest absolute Gasteiger partial charge is 0.239 e. The van der Waals surface area contributed by atoms with Crippen LogP contribution in [0.4, 0.5) is 0 Å². The lowest BCUT2D eigenvalue weighted by molar-refractivity contribution is -0.140. The summed E-state index contributed by atoms with van der Waals surface area (Å²) in [6.45, 7) is 9.35. The molecule has 3 unspecified atom stereocenters. The molecule has 0 radical (unpaired) electrons. The summed E-state index contributed by atoms with van der Waals surface area (Å²) < 4.78 is 5.30. The number of amides is 1. The van der Waals surface area contributed by atoms with Gasteiger partial charge in [0.2, 0.25) is 5.91 Å². The zero-order valence-corrected chi connectivity index (χ0v) is 11.1. The molecule has 5 nitrogen and oxygen atoms in total. The van der Waals surface area contributed by atoms with Crippen molar-refractivity contribution in [3.8, 4) is 0 Å². The molecule has 3 heterocycles. The summed E-state index contributed by atoms with van der Waals surface area (Å²) >= 11 is 0. The lowest BCUT2D eigenvalue weighted by Gasteiger charge is -2.33. The molecule has 0 saturated carbocycles. The molecule has 3 rings (SSSR count). The highest BCUT2D eigenvalue weighted by atomic mass is 16.5. The largest absolute Gasteiger partial charge is 0.378 e. The van der Waals surface area contributed by atoms with E-state index in [1.165, 1.54) is 0 Å². The van der Waals surface area contributed by atoms with Crippen LogP contribution in [0.2, 0.25) is 0 Å². The van der Waals surface area contributed by atoms with Gasteiger partial charge in [-0.15, -0.1) is 0 Å². The molecule has 0 bridgehead atoms. The third-order valence-corrected chi connectivity index (χ3v) is 4.65. The maximum atomic E-state index is 12.4. The first kappa shape index (κ1) is 12.4. The van der Waals surface area contributed by atoms with Gasteiger partial charge in [-0.3, -0.25) is 9.69 Å². The third-order valence-electron chi connectivity index (χ3n) is 4.65. The van der Waals surface area contributed by atoms with Crippen LogP contribution in [0.25, 0.3) is 0 Å². The van der Waals surface area contributed by atoms with Crippen LogP contribution in [0, 0.1) is 11.8 Å². The van der Waals surface area contributed by atoms with Gasteiger partial charge in [-0.2, -0.15) is 0 Å². The van der Waals surface area contributed by atoms with Gasteiger partial charge in [-0.1, -0.05) is 0 Å². The van der Waals surface area contributed by atoms with Gasteiger partial charge in [0, 0.05) is 26.2 Å². The van der Waals surface area contributed by atoms with Crippen molar-refractivity contribution in [1.29, 1.82) is 0 Å². The van der Waals surface area contributed by atoms with Crippen LogP contribution in [0.3, 0.4) is 0 Å². The molecular weight excluding hydrogens is 230 g/mol. The van der Waals surface area contributed by atoms with Gasteiger partial charge in [0.05, 0.1) is 19.3 Å². The lowest BCUT2D eigenvalue weighted by Crippen LogP contribution is -2.50. The Morgan fingerprint density at radius 2 is 1.83 bits per heavy atom. The molecule has 3 fully saturated rings. The Hall–Kier alpha value is -0.650. The molecule has 1 amide bonds. The van der Waals surface area contributed by atoms with E-state index in [0.717, 1.165) is 51.1 Å². The van der Waals surface area contributed by atoms with Gasteiger partial charge in [0.25, 0.3) is 0 Å². The normalized spacial score (nSPS) is 34.6. The average Bonchev–Trinajstić information content (AvgIpc) is 2.99. The molecule has 0 aromatic heterocycles. The minimum Gasteiger partial charge on any atom is -0.378 e. The Balaban J connectivity index is 1.57. The monoisotopic (exact) mass is 253 g/mol. The van der Waals surface area contributed by atoms with Crippen LogP contribution in [0.1, 0.15) is 6.92 Å². The lowest BCUT2D eigenvalue weighted by atomic mass is 10.0. The molecule has 3 atom stereocenters. The van der Waals surface area contributed by atoms with Crippen molar-refractivity contribution in [2.24, 2.45) is 11.8 Å². The number of fused-ring (bicyclic) bond motifs is 1. The zero-order chi connectivity index (χ0) is 12.5. The number of nitrogens with one attached hydrogen (secondary N) is 1. The second-order valence-electron chi connectivity index (χ2n) is 5.75. The van der Waals surface area contributed by atoms with Crippen LogP contribution in [-0.4, -0.2) is 74.2 Å². The highest BCUT2D eigenvalue weighted by Crippen LogP contribution is 2.28. The predicted molar refractivity (Wildman–Crippen MR) is 68.3 cm³/mol. The van der Waals surface area contributed by atoms with Crippen molar-refractivity contribution in [3.05, 3.63) is 0 Å². The fourth-order valence-electron chi connectivity index (χ4n) is 3.41. The van der Waals surface area contributed by atoms with E-state index in [2.05, 4.69) is 17.1 Å². The summed E-state index contributed by atoms with van der Waals surface area (Å²) in [6.07, 6.45) is 0. The number of nitrogens with zero attached hydrogens (tertiary/aromatic N) is 2. The number of hydrogen-bond acceptors (Lipinski definition) is 4. The van der Waals surface area contributed by atoms with E-state index in [9.17, 15) is 4.79 Å². The zero-order valence-electron chi connectivity index (χ0n) is 11.1. The van der Waals surface area contributed by atoms with Gasteiger partial charge in [0.15, 0.2) is 0 Å². The predicted octanol–water partition coefficient (Wildman–Crippen LogP) is -0.615. The first-order valence-corrected chi connectivity index (χ1v) is 7.07. The maximum absolute atomic E-state index is 12.4. The highest BCUT2D eigenvalue weighted by molar-refractivity contribution is 5.81. The summed E-state index contributed by atoms with van der Waals surface area (Å²) in [6, 6.07) is 0.0358. The second-order valence-corrected chi connectivity index (χ2v) is 5.75. The Morgan fingerprint density at radius 1 is 1.22 bits per heavy atom. The Morgan fingerprint density at radius 3 is 2.44 bits per heavy atom. The van der Waals surface area contributed by atoms with Gasteiger partial charge in [0.1, 0.15) is 0 Å². The van der Waals surface area contributed by atoms with E-state index >= 15 is 0 Å². The van der Waals surface area contributed by atoms with Crippen LogP contribution in [0.5, 0.6) is 0 Å². The molecule has 1 N–H and O–H groups in total. The second kappa shape index (κ2) is 5.15. The van der Waals surface area contributed by atoms with Crippen molar-refractivity contribution >= 4 is 5.91 Å². The van der Waals surface area contributed by atoms with Crippen molar-refractivity contribution in [2.45, 2.75) is 13.0 Å². The molecule has 0 aliphatic carbocycles. The molecule has 3 aliphatic heterocycles. The Bertz CT molecular complexity index is 305. The van der Waals surface area contributed by atoms with Crippen LogP contribution in [0.15, 0.2) is 0 Å². The number of ether oxygens (including phenoxy) is 1. The summed E-state index contributed by atoms with van der Waals surface area (Å²) in [5, 5.41) is 3.44. The fraction of sp³-hybridized carbons (Fsp3) is 0.923. The van der Waals surface area contributed by atoms with E-state index in [-0.39, 0.29) is 11.9 Å². The average molecular weight is 253 g/mol. The van der Waals surface area contributed by atoms with E-state index in [1.54, 1.807) is 0 Å². The molecule has 0 aromatic carbocycles. The molecule has 18 heavy (non-hydrogen) atoms. The number of rotatable bonds is 2. The molecule has 5 heteroatoms. The quantitative estimate of drug-likeness (QED) is 0.713. The topological polar surface area (TPSA) is 44.8 Å². The van der Waals surface area contributed by atoms with Crippen molar-refractivity contribution in [3.63, 3.8) is 0 Å². The molecule has 102 valence electrons. The Kier molecular flexibility index (Phi) is 3.54. The first-order valence-electron chi connectivity index (χ1n) is 7.07. The summed E-state index contributed by atoms with van der Waals surface area (Å²) in [4.78, 5) is 16.7. The van der Waals surface area contributed by atoms with Crippen LogP contribution in [-0.2, 0) is 9.53 Å². The van der Waals surface area contributed by atoms with E-state index in [0.29, 0.717) is 13.2 Å². The van der Waals surface area contributed by atoms with Gasteiger partial charge in [-0.05, 0) is 31.8 Å². The molecule has 0 aromatic rings. The molecule has 3 saturated heterocycles. The van der Waals surface area contributed by atoms with Crippen LogP contribution >= 0.6 is 0 Å². The van der Waals surface area contributed by atoms with Gasteiger partial charge < -0.3 is 15.0 Å². The minimum absolute atomic E-state index is 0.0358. The van der Waals surface area contributed by atoms with Crippen molar-refractivity contribution < 1.29 is 9.53 Å². The first-order chi connectivity index (χ1) is 8.75. The molecule has 0 spiro atoms. The summed E-state index contributed by atoms with van der Waals surface area (Å²) in [5.41, 5.74) is 0. The maximum Gasteiger partial charge on any atom is 0.239 e. The Labute approximate surface area is 108 Å². The molecular formula is C13H23N3O2. The highest BCUT2D eigenvalue weighted by Gasteiger charge is 2.40. The minimum atomic E-state index is 0.0358. The summed E-state index contributed by atoms with van der Waals surface area (Å²) in [5.74, 6) is 1.79. The van der Waals surface area contributed by atoms with E-state index < -0.39 is 0 Å². The van der Waals surface area contributed by atoms with Gasteiger partial charge >= 0.3 is 0 Å². The number of hydrogen-bond donors (Lipinski definition) is 1. The number of carbonyl (C=O) groups is 1. The standard InChI is InChI=1S/C13H23N3O2/c1-10(13(17)15-2-4-18-5-3-15)16-8-11-6-14-7-12(11)9-16/h10-12,14H,2-9H2,1H3. The van der Waals surface area contributed by atoms with Gasteiger partial charge in [-0.25, -0.2) is 0 Å². The van der Waals surface area contributed by atoms with Crippen LogP contribution < -0.4 is 5.32 Å². The number of likely N-dealkylation sites (tertiary alicyclic amines) is 1. The molecule has 3 aliphatic rings. The van der Waals surface area contributed by atoms with E-state index in [4.69, 9.17) is 4.74 Å². The third kappa shape index (κ3) is 2.27. The number of carbonyl (C=O) groups excluding carboxylic acids is 1.